The first kappa shape index (κ1) is 17.2. The van der Waals surface area contributed by atoms with E-state index in [1.54, 1.807) is 0 Å². The highest BCUT2D eigenvalue weighted by Gasteiger charge is 2.13. The molecule has 0 saturated carbocycles. The van der Waals surface area contributed by atoms with Crippen LogP contribution in [0.15, 0.2) is 53.7 Å². The van der Waals surface area contributed by atoms with Crippen LogP contribution in [0.2, 0.25) is 0 Å². The first-order valence-corrected chi connectivity index (χ1v) is 8.66. The van der Waals surface area contributed by atoms with Crippen LogP contribution in [0.3, 0.4) is 0 Å². The van der Waals surface area contributed by atoms with Crippen molar-refractivity contribution in [2.75, 3.05) is 11.1 Å². The Labute approximate surface area is 149 Å². The van der Waals surface area contributed by atoms with E-state index in [2.05, 4.69) is 15.5 Å². The fraction of sp³-hybridized carbons (Fsp3) is 0.167. The second kappa shape index (κ2) is 7.48. The van der Waals surface area contributed by atoms with Gasteiger partial charge in [-0.1, -0.05) is 35.5 Å². The van der Waals surface area contributed by atoms with E-state index in [1.807, 2.05) is 42.8 Å². The number of rotatable bonds is 5. The number of benzene rings is 2. The average molecular weight is 356 g/mol. The Hall–Kier alpha value is -2.67. The Morgan fingerprint density at radius 3 is 2.68 bits per heavy atom. The molecule has 1 amide bonds. The summed E-state index contributed by atoms with van der Waals surface area (Å²) in [5.74, 6) is 0.425. The van der Waals surface area contributed by atoms with Crippen molar-refractivity contribution in [2.45, 2.75) is 12.1 Å². The first-order chi connectivity index (χ1) is 12.0. The van der Waals surface area contributed by atoms with Crippen LogP contribution >= 0.6 is 11.8 Å². The molecule has 3 aromatic rings. The highest BCUT2D eigenvalue weighted by molar-refractivity contribution is 7.99. The summed E-state index contributed by atoms with van der Waals surface area (Å²) < 4.78 is 14.7. The second-order valence-corrected chi connectivity index (χ2v) is 6.52. The molecule has 0 atom stereocenters. The van der Waals surface area contributed by atoms with Gasteiger partial charge in [0.2, 0.25) is 5.91 Å². The maximum atomic E-state index is 12.9. The van der Waals surface area contributed by atoms with Crippen molar-refractivity contribution in [1.29, 1.82) is 0 Å². The summed E-state index contributed by atoms with van der Waals surface area (Å²) in [5.41, 5.74) is 2.69. The molecule has 0 radical (unpaired) electrons. The number of halogens is 1. The van der Waals surface area contributed by atoms with Crippen LogP contribution in [0.1, 0.15) is 5.56 Å². The molecule has 0 bridgehead atoms. The number of aryl methyl sites for hydroxylation is 1. The molecule has 0 saturated heterocycles. The Bertz CT molecular complexity index is 892. The fourth-order valence-corrected chi connectivity index (χ4v) is 3.05. The largest absolute Gasteiger partial charge is 0.325 e. The molecule has 0 aliphatic rings. The number of amides is 1. The number of nitrogens with one attached hydrogen (secondary N) is 1. The topological polar surface area (TPSA) is 59.8 Å². The van der Waals surface area contributed by atoms with Crippen LogP contribution in [-0.4, -0.2) is 26.4 Å². The lowest BCUT2D eigenvalue weighted by molar-refractivity contribution is -0.113. The molecule has 0 aliphatic heterocycles. The van der Waals surface area contributed by atoms with Gasteiger partial charge in [0.05, 0.1) is 5.75 Å². The van der Waals surface area contributed by atoms with Gasteiger partial charge in [0.25, 0.3) is 0 Å². The molecule has 1 aromatic heterocycles. The number of aromatic nitrogens is 3. The number of nitrogens with zero attached hydrogens (tertiary/aromatic N) is 3. The van der Waals surface area contributed by atoms with Gasteiger partial charge in [-0.15, -0.1) is 10.2 Å². The van der Waals surface area contributed by atoms with Gasteiger partial charge in [0.1, 0.15) is 5.82 Å². The molecule has 5 nitrogen and oxygen atoms in total. The standard InChI is InChI=1S/C18H17FN4OS/c1-12-4-3-5-13(10-12)17-21-22-18(23(17)2)25-11-16(24)20-15-8-6-14(19)7-9-15/h3-10H,11H2,1-2H3,(H,20,24). The quantitative estimate of drug-likeness (QED) is 0.709. The maximum absolute atomic E-state index is 12.9. The minimum absolute atomic E-state index is 0.184. The number of thioether (sulfide) groups is 1. The van der Waals surface area contributed by atoms with Gasteiger partial charge < -0.3 is 9.88 Å². The summed E-state index contributed by atoms with van der Waals surface area (Å²) in [6.45, 7) is 2.02. The summed E-state index contributed by atoms with van der Waals surface area (Å²) in [6.07, 6.45) is 0. The van der Waals surface area contributed by atoms with Gasteiger partial charge in [-0.2, -0.15) is 0 Å². The smallest absolute Gasteiger partial charge is 0.234 e. The predicted octanol–water partition coefficient (Wildman–Crippen LogP) is 3.66. The second-order valence-electron chi connectivity index (χ2n) is 5.58. The molecule has 0 unspecified atom stereocenters. The summed E-state index contributed by atoms with van der Waals surface area (Å²) in [6, 6.07) is 13.7. The zero-order valence-electron chi connectivity index (χ0n) is 13.9. The Morgan fingerprint density at radius 2 is 1.96 bits per heavy atom. The summed E-state index contributed by atoms with van der Waals surface area (Å²) in [7, 11) is 1.87. The Morgan fingerprint density at radius 1 is 1.20 bits per heavy atom. The van der Waals surface area contributed by atoms with E-state index in [4.69, 9.17) is 0 Å². The van der Waals surface area contributed by atoms with Crippen LogP contribution in [0.4, 0.5) is 10.1 Å². The van der Waals surface area contributed by atoms with Crippen molar-refractivity contribution in [3.8, 4) is 11.4 Å². The van der Waals surface area contributed by atoms with Gasteiger partial charge in [0.15, 0.2) is 11.0 Å². The van der Waals surface area contributed by atoms with Crippen LogP contribution in [-0.2, 0) is 11.8 Å². The van der Waals surface area contributed by atoms with E-state index in [-0.39, 0.29) is 17.5 Å². The predicted molar refractivity (Wildman–Crippen MR) is 96.9 cm³/mol. The lowest BCUT2D eigenvalue weighted by atomic mass is 10.1. The zero-order chi connectivity index (χ0) is 17.8. The van der Waals surface area contributed by atoms with Crippen molar-refractivity contribution in [2.24, 2.45) is 7.05 Å². The lowest BCUT2D eigenvalue weighted by Crippen LogP contribution is -2.14. The first-order valence-electron chi connectivity index (χ1n) is 7.67. The van der Waals surface area contributed by atoms with Crippen molar-refractivity contribution in [1.82, 2.24) is 14.8 Å². The molecule has 25 heavy (non-hydrogen) atoms. The third-order valence-corrected chi connectivity index (χ3v) is 4.59. The van der Waals surface area contributed by atoms with Crippen molar-refractivity contribution in [3.63, 3.8) is 0 Å². The molecular weight excluding hydrogens is 339 g/mol. The van der Waals surface area contributed by atoms with Crippen LogP contribution in [0, 0.1) is 12.7 Å². The van der Waals surface area contributed by atoms with Crippen LogP contribution in [0.5, 0.6) is 0 Å². The van der Waals surface area contributed by atoms with Gasteiger partial charge >= 0.3 is 0 Å². The third-order valence-electron chi connectivity index (χ3n) is 3.57. The van der Waals surface area contributed by atoms with Gasteiger partial charge in [-0.05, 0) is 37.3 Å². The van der Waals surface area contributed by atoms with Crippen LogP contribution < -0.4 is 5.32 Å². The molecule has 0 aliphatic carbocycles. The highest BCUT2D eigenvalue weighted by atomic mass is 32.2. The molecule has 128 valence electrons. The molecular formula is C18H17FN4OS. The number of anilines is 1. The summed E-state index contributed by atoms with van der Waals surface area (Å²) in [4.78, 5) is 12.0. The lowest BCUT2D eigenvalue weighted by Gasteiger charge is -2.06. The molecule has 2 aromatic carbocycles. The van der Waals surface area contributed by atoms with E-state index in [0.29, 0.717) is 10.8 Å². The number of carbonyl (C=O) groups excluding carboxylic acids is 1. The highest BCUT2D eigenvalue weighted by Crippen LogP contribution is 2.23. The van der Waals surface area contributed by atoms with E-state index in [9.17, 15) is 9.18 Å². The molecule has 1 heterocycles. The van der Waals surface area contributed by atoms with Crippen molar-refractivity contribution in [3.05, 3.63) is 59.9 Å². The monoisotopic (exact) mass is 356 g/mol. The third kappa shape index (κ3) is 4.24. The van der Waals surface area contributed by atoms with E-state index in [1.165, 1.54) is 36.0 Å². The van der Waals surface area contributed by atoms with Gasteiger partial charge in [-0.25, -0.2) is 4.39 Å². The van der Waals surface area contributed by atoms with E-state index < -0.39 is 0 Å². The van der Waals surface area contributed by atoms with E-state index >= 15 is 0 Å². The van der Waals surface area contributed by atoms with Crippen LogP contribution in [0.25, 0.3) is 11.4 Å². The maximum Gasteiger partial charge on any atom is 0.234 e. The summed E-state index contributed by atoms with van der Waals surface area (Å²) >= 11 is 1.30. The van der Waals surface area contributed by atoms with E-state index in [0.717, 1.165) is 17.0 Å². The van der Waals surface area contributed by atoms with Crippen molar-refractivity contribution >= 4 is 23.4 Å². The SMILES string of the molecule is Cc1cccc(-c2nnc(SCC(=O)Nc3ccc(F)cc3)n2C)c1. The molecule has 0 fully saturated rings. The Balaban J connectivity index is 1.64. The number of carbonyl (C=O) groups is 1. The summed E-state index contributed by atoms with van der Waals surface area (Å²) in [5, 5.41) is 11.8. The minimum Gasteiger partial charge on any atom is -0.325 e. The minimum atomic E-state index is -0.338. The normalized spacial score (nSPS) is 10.7. The van der Waals surface area contributed by atoms with Gasteiger partial charge in [0, 0.05) is 18.3 Å². The average Bonchev–Trinajstić information content (AvgIpc) is 2.96. The molecule has 3 rings (SSSR count). The molecule has 1 N–H and O–H groups in total. The Kier molecular flexibility index (Phi) is 5.14. The molecule has 7 heteroatoms. The van der Waals surface area contributed by atoms with Gasteiger partial charge in [-0.3, -0.25) is 4.79 Å². The number of hydrogen-bond acceptors (Lipinski definition) is 4. The molecule has 0 spiro atoms. The fourth-order valence-electron chi connectivity index (χ4n) is 2.34. The van der Waals surface area contributed by atoms with Crippen molar-refractivity contribution < 1.29 is 9.18 Å². The zero-order valence-corrected chi connectivity index (χ0v) is 14.7. The number of hydrogen-bond donors (Lipinski definition) is 1.